The van der Waals surface area contributed by atoms with Crippen molar-refractivity contribution in [2.75, 3.05) is 32.8 Å². The van der Waals surface area contributed by atoms with E-state index in [0.717, 1.165) is 19.0 Å². The number of hydrogen-bond donors (Lipinski definition) is 2. The maximum atomic E-state index is 9.48. The molecule has 0 aromatic heterocycles. The van der Waals surface area contributed by atoms with Crippen LogP contribution < -0.4 is 5.32 Å². The third kappa shape index (κ3) is 4.04. The number of hydrogen-bond acceptors (Lipinski definition) is 3. The minimum Gasteiger partial charge on any atom is -0.394 e. The molecular weight excluding hydrogens is 200 g/mol. The van der Waals surface area contributed by atoms with Crippen LogP contribution in [-0.4, -0.2) is 48.3 Å². The summed E-state index contributed by atoms with van der Waals surface area (Å²) in [5.74, 6) is 0.860. The Morgan fingerprint density at radius 1 is 1.44 bits per heavy atom. The Balaban J connectivity index is 2.44. The molecule has 0 radical (unpaired) electrons. The Morgan fingerprint density at radius 2 is 2.19 bits per heavy atom. The van der Waals surface area contributed by atoms with Gasteiger partial charge >= 0.3 is 0 Å². The van der Waals surface area contributed by atoms with E-state index in [4.69, 9.17) is 0 Å². The van der Waals surface area contributed by atoms with Crippen LogP contribution in [0, 0.1) is 5.92 Å². The second-order valence-electron chi connectivity index (χ2n) is 5.40. The zero-order chi connectivity index (χ0) is 12.0. The third-order valence-corrected chi connectivity index (χ3v) is 3.71. The highest BCUT2D eigenvalue weighted by atomic mass is 16.3. The second-order valence-corrected chi connectivity index (χ2v) is 5.40. The summed E-state index contributed by atoms with van der Waals surface area (Å²) in [4.78, 5) is 2.51. The summed E-state index contributed by atoms with van der Waals surface area (Å²) in [5.41, 5.74) is -0.135. The first kappa shape index (κ1) is 13.9. The average molecular weight is 228 g/mol. The lowest BCUT2D eigenvalue weighted by molar-refractivity contribution is 0.0915. The molecule has 0 bridgehead atoms. The Hall–Kier alpha value is -0.120. The molecule has 2 N–H and O–H groups in total. The topological polar surface area (TPSA) is 35.5 Å². The third-order valence-electron chi connectivity index (χ3n) is 3.71. The Morgan fingerprint density at radius 3 is 2.75 bits per heavy atom. The van der Waals surface area contributed by atoms with E-state index < -0.39 is 0 Å². The fourth-order valence-corrected chi connectivity index (χ4v) is 2.71. The molecule has 1 rings (SSSR count). The molecule has 1 fully saturated rings. The van der Waals surface area contributed by atoms with Crippen LogP contribution in [0.5, 0.6) is 0 Å². The predicted molar refractivity (Wildman–Crippen MR) is 68.6 cm³/mol. The van der Waals surface area contributed by atoms with Crippen molar-refractivity contribution in [1.29, 1.82) is 0 Å². The van der Waals surface area contributed by atoms with Crippen LogP contribution in [0.15, 0.2) is 0 Å². The molecule has 0 saturated carbocycles. The van der Waals surface area contributed by atoms with Crippen molar-refractivity contribution in [2.45, 2.75) is 45.6 Å². The van der Waals surface area contributed by atoms with Gasteiger partial charge in [0.25, 0.3) is 0 Å². The van der Waals surface area contributed by atoms with Gasteiger partial charge in [0.05, 0.1) is 12.1 Å². The monoisotopic (exact) mass is 228 g/mol. The summed E-state index contributed by atoms with van der Waals surface area (Å²) in [6.45, 7) is 11.0. The summed E-state index contributed by atoms with van der Waals surface area (Å²) < 4.78 is 0. The minimum atomic E-state index is -0.135. The highest BCUT2D eigenvalue weighted by Gasteiger charge is 2.27. The van der Waals surface area contributed by atoms with Crippen LogP contribution in [0.2, 0.25) is 0 Å². The number of likely N-dealkylation sites (tertiary alicyclic amines) is 1. The predicted octanol–water partition coefficient (Wildman–Crippen LogP) is 1.47. The van der Waals surface area contributed by atoms with Crippen molar-refractivity contribution in [3.8, 4) is 0 Å². The van der Waals surface area contributed by atoms with E-state index in [1.807, 2.05) is 0 Å². The molecule has 1 aliphatic rings. The molecule has 0 aromatic carbocycles. The number of nitrogens with zero attached hydrogens (tertiary/aromatic N) is 1. The summed E-state index contributed by atoms with van der Waals surface area (Å²) in [7, 11) is 0. The number of likely N-dealkylation sites (N-methyl/N-ethyl adjacent to an activating group) is 1. The van der Waals surface area contributed by atoms with Gasteiger partial charge in [-0.15, -0.1) is 0 Å². The van der Waals surface area contributed by atoms with Gasteiger partial charge in [-0.25, -0.2) is 0 Å². The lowest BCUT2D eigenvalue weighted by Crippen LogP contribution is -2.55. The van der Waals surface area contributed by atoms with Gasteiger partial charge in [-0.1, -0.05) is 20.3 Å². The van der Waals surface area contributed by atoms with E-state index in [1.165, 1.54) is 32.4 Å². The van der Waals surface area contributed by atoms with Crippen LogP contribution in [0.4, 0.5) is 0 Å². The molecule has 3 heteroatoms. The molecule has 3 nitrogen and oxygen atoms in total. The number of aliphatic hydroxyl groups excluding tert-OH is 1. The number of rotatable bonds is 6. The molecule has 2 unspecified atom stereocenters. The molecule has 2 atom stereocenters. The zero-order valence-corrected chi connectivity index (χ0v) is 11.1. The van der Waals surface area contributed by atoms with Gasteiger partial charge in [-0.2, -0.15) is 0 Å². The van der Waals surface area contributed by atoms with Gasteiger partial charge in [0.1, 0.15) is 0 Å². The molecule has 0 spiro atoms. The van der Waals surface area contributed by atoms with E-state index in [-0.39, 0.29) is 12.1 Å². The highest BCUT2D eigenvalue weighted by molar-refractivity contribution is 4.87. The molecule has 96 valence electrons. The van der Waals surface area contributed by atoms with Gasteiger partial charge in [0, 0.05) is 13.1 Å². The molecule has 1 heterocycles. The van der Waals surface area contributed by atoms with Crippen LogP contribution in [-0.2, 0) is 0 Å². The van der Waals surface area contributed by atoms with Crippen LogP contribution >= 0.6 is 0 Å². The Labute approximate surface area is 100 Å². The number of piperidine rings is 1. The van der Waals surface area contributed by atoms with Gasteiger partial charge in [0.15, 0.2) is 0 Å². The molecular formula is C13H28N2O. The standard InChI is InChI=1S/C13H28N2O/c1-4-12-7-6-8-15(9-12)10-13(3,11-16)14-5-2/h12,14,16H,4-11H2,1-3H3. The zero-order valence-electron chi connectivity index (χ0n) is 11.1. The van der Waals surface area contributed by atoms with Crippen molar-refractivity contribution < 1.29 is 5.11 Å². The quantitative estimate of drug-likeness (QED) is 0.722. The first-order valence-electron chi connectivity index (χ1n) is 6.71. The van der Waals surface area contributed by atoms with Gasteiger partial charge < -0.3 is 15.3 Å². The average Bonchev–Trinajstić information content (AvgIpc) is 2.29. The molecule has 0 aliphatic carbocycles. The molecule has 1 aliphatic heterocycles. The van der Waals surface area contributed by atoms with Crippen molar-refractivity contribution in [3.63, 3.8) is 0 Å². The lowest BCUT2D eigenvalue weighted by atomic mass is 9.93. The maximum Gasteiger partial charge on any atom is 0.0623 e. The van der Waals surface area contributed by atoms with Crippen molar-refractivity contribution in [1.82, 2.24) is 10.2 Å². The summed E-state index contributed by atoms with van der Waals surface area (Å²) in [6, 6.07) is 0. The Bertz CT molecular complexity index is 198. The SMILES string of the molecule is CCNC(C)(CO)CN1CCCC(CC)C1. The van der Waals surface area contributed by atoms with Crippen LogP contribution in [0.3, 0.4) is 0 Å². The van der Waals surface area contributed by atoms with Crippen molar-refractivity contribution in [2.24, 2.45) is 5.92 Å². The number of aliphatic hydroxyl groups is 1. The largest absolute Gasteiger partial charge is 0.394 e. The van der Waals surface area contributed by atoms with E-state index in [0.29, 0.717) is 0 Å². The molecule has 0 aromatic rings. The first-order valence-corrected chi connectivity index (χ1v) is 6.71. The lowest BCUT2D eigenvalue weighted by Gasteiger charge is -2.39. The Kier molecular flexibility index (Phi) is 5.73. The summed E-state index contributed by atoms with van der Waals surface area (Å²) >= 11 is 0. The van der Waals surface area contributed by atoms with Gasteiger partial charge in [-0.3, -0.25) is 0 Å². The summed E-state index contributed by atoms with van der Waals surface area (Å²) in [5, 5.41) is 12.9. The first-order chi connectivity index (χ1) is 7.63. The fraction of sp³-hybridized carbons (Fsp3) is 1.00. The summed E-state index contributed by atoms with van der Waals surface area (Å²) in [6.07, 6.45) is 3.98. The molecule has 0 amide bonds. The van der Waals surface area contributed by atoms with E-state index in [1.54, 1.807) is 0 Å². The van der Waals surface area contributed by atoms with E-state index in [2.05, 4.69) is 31.0 Å². The van der Waals surface area contributed by atoms with Crippen molar-refractivity contribution >= 4 is 0 Å². The van der Waals surface area contributed by atoms with Crippen LogP contribution in [0.1, 0.15) is 40.0 Å². The van der Waals surface area contributed by atoms with Gasteiger partial charge in [0.2, 0.25) is 0 Å². The van der Waals surface area contributed by atoms with Crippen LogP contribution in [0.25, 0.3) is 0 Å². The normalized spacial score (nSPS) is 26.6. The highest BCUT2D eigenvalue weighted by Crippen LogP contribution is 2.20. The van der Waals surface area contributed by atoms with E-state index in [9.17, 15) is 5.11 Å². The van der Waals surface area contributed by atoms with Crippen molar-refractivity contribution in [3.05, 3.63) is 0 Å². The second kappa shape index (κ2) is 6.58. The van der Waals surface area contributed by atoms with E-state index >= 15 is 0 Å². The molecule has 1 saturated heterocycles. The fourth-order valence-electron chi connectivity index (χ4n) is 2.71. The number of nitrogens with one attached hydrogen (secondary N) is 1. The minimum absolute atomic E-state index is 0.135. The van der Waals surface area contributed by atoms with Gasteiger partial charge in [-0.05, 0) is 38.8 Å². The smallest absolute Gasteiger partial charge is 0.0623 e. The molecule has 16 heavy (non-hydrogen) atoms. The maximum absolute atomic E-state index is 9.48.